The number of benzene rings is 14. The van der Waals surface area contributed by atoms with Gasteiger partial charge >= 0.3 is 26.2 Å². The van der Waals surface area contributed by atoms with Crippen LogP contribution in [0, 0.1) is 11.8 Å². The van der Waals surface area contributed by atoms with E-state index in [2.05, 4.69) is 280 Å². The Kier molecular flexibility index (Phi) is 14.3. The van der Waals surface area contributed by atoms with E-state index in [-0.39, 0.29) is 26.2 Å². The van der Waals surface area contributed by atoms with Crippen LogP contribution >= 0.6 is 0 Å². The van der Waals surface area contributed by atoms with Gasteiger partial charge in [0.1, 0.15) is 0 Å². The summed E-state index contributed by atoms with van der Waals surface area (Å²) in [6, 6.07) is 100. The molecule has 0 nitrogen and oxygen atoms in total. The maximum Gasteiger partial charge on any atom is 2.00 e. The van der Waals surface area contributed by atoms with E-state index in [0.29, 0.717) is 0 Å². The first-order chi connectivity index (χ1) is 42.0. The van der Waals surface area contributed by atoms with Crippen LogP contribution in [0.3, 0.4) is 0 Å². The zero-order valence-electron chi connectivity index (χ0n) is 48.8. The van der Waals surface area contributed by atoms with Crippen molar-refractivity contribution in [3.8, 4) is 44.5 Å². The van der Waals surface area contributed by atoms with Crippen LogP contribution in [0.4, 0.5) is 0 Å². The van der Waals surface area contributed by atoms with Crippen molar-refractivity contribution in [2.24, 2.45) is 11.8 Å². The Morgan fingerprint density at radius 3 is 0.721 bits per heavy atom. The molecule has 0 saturated heterocycles. The second-order valence-corrected chi connectivity index (χ2v) is 25.3. The molecule has 16 aromatic carbocycles. The fraction of sp³-hybridized carbons (Fsp3) is 0.119. The zero-order chi connectivity index (χ0) is 56.5. The van der Waals surface area contributed by atoms with Crippen LogP contribution in [0.25, 0.3) is 152 Å². The van der Waals surface area contributed by atoms with Crippen molar-refractivity contribution < 1.29 is 26.2 Å². The minimum atomic E-state index is 0. The molecule has 0 aromatic heterocycles. The summed E-state index contributed by atoms with van der Waals surface area (Å²) < 4.78 is 0. The standard InChI is InChI=1S/2C41H29.C2H6Si.Zr/c2*1-5-13-32-28(9-1)24-29-10-2-6-14-33(29)40(32)36-19-20-37(39-23-27(22-38(36)39)21-26-17-18-26)41-34-15-7-3-11-30(34)25-31-12-4-8-16-35(31)41;1-3-2;/h2*1-16,19-20,22-26H,17-18,21H2;1-2H3;/q2*-1;;+2. The molecule has 0 aliphatic heterocycles. The van der Waals surface area contributed by atoms with Crippen molar-refractivity contribution in [2.75, 3.05) is 0 Å². The Labute approximate surface area is 525 Å². The Morgan fingerprint density at radius 2 is 0.488 bits per heavy atom. The van der Waals surface area contributed by atoms with Gasteiger partial charge in [0.15, 0.2) is 0 Å². The normalized spacial score (nSPS) is 13.2. The summed E-state index contributed by atoms with van der Waals surface area (Å²) in [6.45, 7) is 4.31. The van der Waals surface area contributed by atoms with Crippen LogP contribution in [0.2, 0.25) is 13.1 Å². The summed E-state index contributed by atoms with van der Waals surface area (Å²) in [5, 5.41) is 26.4. The maximum absolute atomic E-state index is 2.51. The van der Waals surface area contributed by atoms with Gasteiger partial charge in [0, 0.05) is 9.52 Å². The fourth-order valence-corrected chi connectivity index (χ4v) is 14.4. The molecule has 0 atom stereocenters. The smallest absolute Gasteiger partial charge is 0.164 e. The number of rotatable bonds is 8. The monoisotopic (exact) mass is 1190 g/mol. The minimum absolute atomic E-state index is 0. The Balaban J connectivity index is 0.000000138. The number of fused-ring (bicyclic) bond motifs is 10. The third-order valence-electron chi connectivity index (χ3n) is 18.5. The Hall–Kier alpha value is -8.52. The second kappa shape index (κ2) is 22.7. The van der Waals surface area contributed by atoms with Gasteiger partial charge in [0.25, 0.3) is 0 Å². The third kappa shape index (κ3) is 9.73. The minimum Gasteiger partial charge on any atom is -0.164 e. The molecule has 408 valence electrons. The largest absolute Gasteiger partial charge is 2.00 e. The van der Waals surface area contributed by atoms with Gasteiger partial charge in [-0.2, -0.15) is 12.1 Å². The van der Waals surface area contributed by atoms with Crippen LogP contribution < -0.4 is 0 Å². The first-order valence-electron chi connectivity index (χ1n) is 30.7. The molecule has 2 aliphatic rings. The SMILES string of the molecule is C[Si]C.[Zr+2].c1ccc2c(-c3ccc(-c4c5ccccc5cc5ccccc45)c4[cH-]c(CC5CC5)cc34)c3ccccc3cc2c1.c1ccc2c(-c3ccc(-c4c5ccccc5cc5ccccc45)c4[cH-]c(CC5CC5)cc34)c3ccccc3cc2c1. The first-order valence-corrected chi connectivity index (χ1v) is 32.7. The van der Waals surface area contributed by atoms with Crippen LogP contribution in [0.1, 0.15) is 36.8 Å². The fourth-order valence-electron chi connectivity index (χ4n) is 14.4. The molecule has 0 bridgehead atoms. The average Bonchev–Trinajstić information content (AvgIpc) is 1.58. The van der Waals surface area contributed by atoms with Crippen molar-refractivity contribution in [2.45, 2.75) is 51.6 Å². The molecule has 0 N–H and O–H groups in total. The summed E-state index contributed by atoms with van der Waals surface area (Å²) in [5.74, 6) is 1.69. The molecule has 2 aliphatic carbocycles. The van der Waals surface area contributed by atoms with Gasteiger partial charge in [-0.15, -0.1) is 44.8 Å². The topological polar surface area (TPSA) is 0 Å². The first kappa shape index (κ1) is 54.2. The maximum atomic E-state index is 2.51. The van der Waals surface area contributed by atoms with Crippen LogP contribution in [-0.4, -0.2) is 9.52 Å². The molecule has 2 heteroatoms. The summed E-state index contributed by atoms with van der Waals surface area (Å²) in [6.07, 6.45) is 7.82. The molecule has 16 aromatic rings. The van der Waals surface area contributed by atoms with Crippen molar-refractivity contribution in [1.82, 2.24) is 0 Å². The summed E-state index contributed by atoms with van der Waals surface area (Å²) in [7, 11) is 1.08. The molecule has 0 spiro atoms. The second-order valence-electron chi connectivity index (χ2n) is 24.3. The molecule has 0 heterocycles. The molecule has 2 saturated carbocycles. The average molecular weight is 1190 g/mol. The van der Waals surface area contributed by atoms with Gasteiger partial charge < -0.3 is 0 Å². The predicted octanol–water partition coefficient (Wildman–Crippen LogP) is 23.7. The third-order valence-corrected chi connectivity index (χ3v) is 18.5. The molecule has 0 amide bonds. The van der Waals surface area contributed by atoms with E-state index >= 15 is 0 Å². The van der Waals surface area contributed by atoms with E-state index in [9.17, 15) is 0 Å². The molecule has 86 heavy (non-hydrogen) atoms. The van der Waals surface area contributed by atoms with E-state index in [1.165, 1.54) is 202 Å². The van der Waals surface area contributed by atoms with Gasteiger partial charge in [-0.25, -0.2) is 0 Å². The van der Waals surface area contributed by atoms with Crippen molar-refractivity contribution in [1.29, 1.82) is 0 Å². The summed E-state index contributed by atoms with van der Waals surface area (Å²) in [5.41, 5.74) is 13.7. The van der Waals surface area contributed by atoms with E-state index in [1.807, 2.05) is 0 Å². The number of hydrogen-bond donors (Lipinski definition) is 0. The zero-order valence-corrected chi connectivity index (χ0v) is 52.3. The Bertz CT molecular complexity index is 4420. The van der Waals surface area contributed by atoms with Gasteiger partial charge in [0.2, 0.25) is 0 Å². The van der Waals surface area contributed by atoms with E-state index in [4.69, 9.17) is 0 Å². The van der Waals surface area contributed by atoms with Gasteiger partial charge in [-0.1, -0.05) is 254 Å². The predicted molar refractivity (Wildman–Crippen MR) is 371 cm³/mol. The van der Waals surface area contributed by atoms with Crippen LogP contribution in [-0.2, 0) is 39.0 Å². The van der Waals surface area contributed by atoms with Gasteiger partial charge in [-0.3, -0.25) is 0 Å². The van der Waals surface area contributed by atoms with Crippen LogP contribution in [0.5, 0.6) is 0 Å². The van der Waals surface area contributed by atoms with Crippen molar-refractivity contribution >= 4 is 117 Å². The van der Waals surface area contributed by atoms with Gasteiger partial charge in [0.05, 0.1) is 0 Å². The van der Waals surface area contributed by atoms with Crippen molar-refractivity contribution in [3.05, 3.63) is 278 Å². The van der Waals surface area contributed by atoms with E-state index in [0.717, 1.165) is 21.4 Å². The summed E-state index contributed by atoms with van der Waals surface area (Å²) in [4.78, 5) is 0. The van der Waals surface area contributed by atoms with Crippen molar-refractivity contribution in [3.63, 3.8) is 0 Å². The molecule has 0 unspecified atom stereocenters. The molecule has 2 radical (unpaired) electrons. The Morgan fingerprint density at radius 1 is 0.279 bits per heavy atom. The van der Waals surface area contributed by atoms with Crippen LogP contribution in [0.15, 0.2) is 267 Å². The molecule has 18 rings (SSSR count). The molecular formula is C84H64SiZr. The van der Waals surface area contributed by atoms with E-state index in [1.54, 1.807) is 0 Å². The van der Waals surface area contributed by atoms with E-state index < -0.39 is 0 Å². The van der Waals surface area contributed by atoms with Gasteiger partial charge in [-0.05, 0) is 183 Å². The molecule has 2 fully saturated rings. The quantitative estimate of drug-likeness (QED) is 0.0808. The number of hydrogen-bond acceptors (Lipinski definition) is 0. The summed E-state index contributed by atoms with van der Waals surface area (Å²) >= 11 is 0. The molecular weight excluding hydrogens is 1130 g/mol.